The normalized spacial score (nSPS) is 16.4. The van der Waals surface area contributed by atoms with Crippen molar-refractivity contribution < 1.29 is 17.9 Å². The second kappa shape index (κ2) is 9.41. The van der Waals surface area contributed by atoms with Crippen molar-refractivity contribution >= 4 is 21.6 Å². The molecule has 0 atom stereocenters. The van der Waals surface area contributed by atoms with Crippen molar-refractivity contribution in [2.45, 2.75) is 56.4 Å². The Labute approximate surface area is 217 Å². The molecule has 5 rings (SSSR count). The van der Waals surface area contributed by atoms with Gasteiger partial charge in [-0.25, -0.2) is 23.2 Å². The monoisotopic (exact) mass is 521 g/mol. The number of hydrogen-bond acceptors (Lipinski definition) is 7. The highest BCUT2D eigenvalue weighted by molar-refractivity contribution is 7.91. The van der Waals surface area contributed by atoms with Crippen molar-refractivity contribution in [1.82, 2.24) is 20.3 Å². The van der Waals surface area contributed by atoms with Gasteiger partial charge in [0.25, 0.3) is 0 Å². The Balaban J connectivity index is 1.38. The zero-order valence-corrected chi connectivity index (χ0v) is 22.3. The fourth-order valence-electron chi connectivity index (χ4n) is 4.79. The number of benzene rings is 1. The van der Waals surface area contributed by atoms with Crippen molar-refractivity contribution in [3.05, 3.63) is 59.7 Å². The highest BCUT2D eigenvalue weighted by Gasteiger charge is 2.39. The molecule has 1 aliphatic heterocycles. The number of nitrogens with zero attached hydrogens (tertiary/aromatic N) is 4. The molecule has 2 aromatic heterocycles. The summed E-state index contributed by atoms with van der Waals surface area (Å²) in [7, 11) is -1.66. The number of fused-ring (bicyclic) bond motifs is 1. The first-order chi connectivity index (χ1) is 17.6. The Morgan fingerprint density at radius 2 is 1.89 bits per heavy atom. The van der Waals surface area contributed by atoms with Gasteiger partial charge in [-0.2, -0.15) is 0 Å². The molecule has 9 nitrogen and oxygen atoms in total. The maximum absolute atomic E-state index is 13.2. The van der Waals surface area contributed by atoms with Crippen LogP contribution in [0, 0.1) is 0 Å². The maximum atomic E-state index is 13.2. The number of anilines is 1. The van der Waals surface area contributed by atoms with Gasteiger partial charge < -0.3 is 10.1 Å². The Bertz CT molecular complexity index is 1450. The van der Waals surface area contributed by atoms with E-state index in [1.807, 2.05) is 6.07 Å². The van der Waals surface area contributed by atoms with Crippen LogP contribution in [0.2, 0.25) is 0 Å². The largest absolute Gasteiger partial charge is 0.480 e. The van der Waals surface area contributed by atoms with Crippen LogP contribution in [0.5, 0.6) is 5.88 Å². The average Bonchev–Trinajstić information content (AvgIpc) is 3.71. The first-order valence-electron chi connectivity index (χ1n) is 12.4. The first-order valence-corrected chi connectivity index (χ1v) is 14.1. The third-order valence-electron chi connectivity index (χ3n) is 7.06. The molecule has 0 bridgehead atoms. The van der Waals surface area contributed by atoms with Crippen molar-refractivity contribution in [3.8, 4) is 17.1 Å². The summed E-state index contributed by atoms with van der Waals surface area (Å²) >= 11 is 0. The van der Waals surface area contributed by atoms with Gasteiger partial charge in [-0.05, 0) is 42.2 Å². The Morgan fingerprint density at radius 1 is 1.16 bits per heavy atom. The minimum atomic E-state index is -3.26. The van der Waals surface area contributed by atoms with E-state index < -0.39 is 9.84 Å². The molecule has 0 radical (unpaired) electrons. The summed E-state index contributed by atoms with van der Waals surface area (Å²) in [5.41, 5.74) is 4.84. The van der Waals surface area contributed by atoms with E-state index in [0.29, 0.717) is 18.3 Å². The van der Waals surface area contributed by atoms with E-state index in [9.17, 15) is 13.2 Å². The van der Waals surface area contributed by atoms with Crippen LogP contribution in [-0.2, 0) is 21.8 Å². The molecule has 1 aromatic carbocycles. The highest BCUT2D eigenvalue weighted by Crippen LogP contribution is 2.47. The third kappa shape index (κ3) is 4.77. The lowest BCUT2D eigenvalue weighted by Crippen LogP contribution is -2.41. The number of carbonyl (C=O) groups is 1. The van der Waals surface area contributed by atoms with Gasteiger partial charge in [-0.15, -0.1) is 0 Å². The van der Waals surface area contributed by atoms with Gasteiger partial charge in [0, 0.05) is 24.4 Å². The Morgan fingerprint density at radius 3 is 2.54 bits per heavy atom. The fraction of sp³-hybridized carbons (Fsp3) is 0.407. The number of ether oxygens (including phenoxy) is 1. The van der Waals surface area contributed by atoms with E-state index >= 15 is 0 Å². The average molecular weight is 522 g/mol. The molecule has 0 unspecified atom stereocenters. The van der Waals surface area contributed by atoms with Gasteiger partial charge in [0.15, 0.2) is 9.84 Å². The molecule has 0 spiro atoms. The third-order valence-corrected chi connectivity index (χ3v) is 8.81. The van der Waals surface area contributed by atoms with Crippen LogP contribution >= 0.6 is 0 Å². The van der Waals surface area contributed by atoms with E-state index in [1.54, 1.807) is 49.4 Å². The van der Waals surface area contributed by atoms with Crippen molar-refractivity contribution in [3.63, 3.8) is 0 Å². The van der Waals surface area contributed by atoms with E-state index in [2.05, 4.69) is 29.1 Å². The number of sulfone groups is 1. The molecule has 2 amide bonds. The number of methoxy groups -OCH3 is 1. The molecule has 10 heteroatoms. The van der Waals surface area contributed by atoms with Gasteiger partial charge in [0.1, 0.15) is 6.33 Å². The molecule has 2 aliphatic rings. The molecule has 194 valence electrons. The van der Waals surface area contributed by atoms with Crippen LogP contribution in [-0.4, -0.2) is 48.8 Å². The summed E-state index contributed by atoms with van der Waals surface area (Å²) < 4.78 is 29.6. The van der Waals surface area contributed by atoms with Crippen molar-refractivity contribution in [2.24, 2.45) is 0 Å². The number of pyridine rings is 1. The van der Waals surface area contributed by atoms with Crippen LogP contribution in [0.1, 0.15) is 56.4 Å². The summed E-state index contributed by atoms with van der Waals surface area (Å²) in [4.78, 5) is 28.8. The van der Waals surface area contributed by atoms with Gasteiger partial charge >= 0.3 is 6.03 Å². The quantitative estimate of drug-likeness (QED) is 0.495. The molecule has 3 aromatic rings. The van der Waals surface area contributed by atoms with Crippen molar-refractivity contribution in [2.75, 3.05) is 24.3 Å². The summed E-state index contributed by atoms with van der Waals surface area (Å²) in [5.74, 6) is 0.954. The van der Waals surface area contributed by atoms with Crippen LogP contribution < -0.4 is 15.0 Å². The molecule has 1 aliphatic carbocycles. The van der Waals surface area contributed by atoms with Crippen LogP contribution in [0.3, 0.4) is 0 Å². The Kier molecular flexibility index (Phi) is 6.39. The number of nitrogens with one attached hydrogen (secondary N) is 1. The molecule has 0 saturated heterocycles. The number of amides is 2. The smallest absolute Gasteiger partial charge is 0.322 e. The molecule has 1 fully saturated rings. The van der Waals surface area contributed by atoms with E-state index in [4.69, 9.17) is 9.72 Å². The predicted octanol–water partition coefficient (Wildman–Crippen LogP) is 4.23. The minimum absolute atomic E-state index is 0.0506. The maximum Gasteiger partial charge on any atom is 0.322 e. The zero-order valence-electron chi connectivity index (χ0n) is 21.5. The Hall–Kier alpha value is -3.53. The molecule has 1 N–H and O–H groups in total. The second-order valence-electron chi connectivity index (χ2n) is 10.2. The lowest BCUT2D eigenvalue weighted by Gasteiger charge is -2.21. The van der Waals surface area contributed by atoms with Crippen LogP contribution in [0.15, 0.2) is 47.8 Å². The molecule has 1 saturated carbocycles. The van der Waals surface area contributed by atoms with E-state index in [0.717, 1.165) is 46.6 Å². The number of hydrogen-bond donors (Lipinski definition) is 1. The van der Waals surface area contributed by atoms with Crippen molar-refractivity contribution in [1.29, 1.82) is 0 Å². The standard InChI is InChI=1S/C27H31N5O4S/c1-5-37(34,35)19-10-6-17(7-11-19)13-29-26(33)32-15-27(2,3)20-12-21(28-14-22(20)32)23-24(18-8-9-18)30-16-31-25(23)36-4/h6-7,10-12,14,16,18H,5,8-9,13,15H2,1-4H3,(H,29,33). The van der Waals surface area contributed by atoms with E-state index in [1.165, 1.54) is 6.33 Å². The number of carbonyl (C=O) groups excluding carboxylic acids is 1. The summed E-state index contributed by atoms with van der Waals surface area (Å²) in [5, 5.41) is 2.96. The fourth-order valence-corrected chi connectivity index (χ4v) is 5.67. The molecule has 3 heterocycles. The van der Waals surface area contributed by atoms with Gasteiger partial charge in [0.2, 0.25) is 5.88 Å². The number of aromatic nitrogens is 3. The van der Waals surface area contributed by atoms with Gasteiger partial charge in [-0.1, -0.05) is 32.9 Å². The van der Waals surface area contributed by atoms with Crippen LogP contribution in [0.4, 0.5) is 10.5 Å². The minimum Gasteiger partial charge on any atom is -0.480 e. The summed E-state index contributed by atoms with van der Waals surface area (Å²) in [6, 6.07) is 8.42. The number of rotatable bonds is 7. The molecular formula is C27H31N5O4S. The SMILES string of the molecule is CCS(=O)(=O)c1ccc(CNC(=O)N2CC(C)(C)c3cc(-c4c(OC)ncnc4C4CC4)ncc32)cc1. The zero-order chi connectivity index (χ0) is 26.4. The molecule has 37 heavy (non-hydrogen) atoms. The highest BCUT2D eigenvalue weighted by atomic mass is 32.2. The van der Waals surface area contributed by atoms with E-state index in [-0.39, 0.29) is 28.6 Å². The second-order valence-corrected chi connectivity index (χ2v) is 12.5. The lowest BCUT2D eigenvalue weighted by molar-refractivity contribution is 0.245. The van der Waals surface area contributed by atoms with Crippen LogP contribution in [0.25, 0.3) is 11.3 Å². The topological polar surface area (TPSA) is 114 Å². The predicted molar refractivity (Wildman–Crippen MR) is 141 cm³/mol. The van der Waals surface area contributed by atoms with Gasteiger partial charge in [-0.3, -0.25) is 9.88 Å². The first kappa shape index (κ1) is 25.1. The summed E-state index contributed by atoms with van der Waals surface area (Å²) in [6.45, 7) is 6.62. The lowest BCUT2D eigenvalue weighted by atomic mass is 9.86. The van der Waals surface area contributed by atoms with Gasteiger partial charge in [0.05, 0.1) is 46.6 Å². The molecular weight excluding hydrogens is 490 g/mol. The number of urea groups is 1. The summed E-state index contributed by atoms with van der Waals surface area (Å²) in [6.07, 6.45) is 5.46.